The third-order valence-electron chi connectivity index (χ3n) is 7.94. The summed E-state index contributed by atoms with van der Waals surface area (Å²) in [5.41, 5.74) is 7.61. The molecule has 35 heavy (non-hydrogen) atoms. The Kier molecular flexibility index (Phi) is 8.58. The largest absolute Gasteiger partial charge is 0.385 e. The van der Waals surface area contributed by atoms with Crippen LogP contribution in [0.15, 0.2) is 48.5 Å². The Morgan fingerprint density at radius 2 is 1.91 bits per heavy atom. The molecule has 1 amide bonds. The van der Waals surface area contributed by atoms with Gasteiger partial charge < -0.3 is 20.5 Å². The molecule has 4 atom stereocenters. The fourth-order valence-corrected chi connectivity index (χ4v) is 6.01. The number of amides is 1. The highest BCUT2D eigenvalue weighted by Gasteiger charge is 2.43. The van der Waals surface area contributed by atoms with E-state index in [0.717, 1.165) is 68.2 Å². The second kappa shape index (κ2) is 11.6. The van der Waals surface area contributed by atoms with E-state index >= 15 is 0 Å². The minimum Gasteiger partial charge on any atom is -0.385 e. The second-order valence-electron chi connectivity index (χ2n) is 10.3. The van der Waals surface area contributed by atoms with Crippen molar-refractivity contribution >= 4 is 5.91 Å². The Bertz CT molecular complexity index is 982. The molecule has 0 aromatic heterocycles. The van der Waals surface area contributed by atoms with Crippen molar-refractivity contribution in [2.75, 3.05) is 26.8 Å². The van der Waals surface area contributed by atoms with Gasteiger partial charge in [-0.3, -0.25) is 4.79 Å². The number of piperidine rings is 1. The monoisotopic (exact) mass is 482 g/mol. The zero-order valence-electron chi connectivity index (χ0n) is 20.8. The molecule has 1 saturated heterocycles. The Balaban J connectivity index is 1.64. The second-order valence-corrected chi connectivity index (χ2v) is 10.3. The van der Waals surface area contributed by atoms with Crippen molar-refractivity contribution in [3.8, 4) is 11.1 Å². The number of aliphatic hydroxyl groups is 1. The first kappa shape index (κ1) is 25.8. The molecule has 0 unspecified atom stereocenters. The number of ether oxygens (including phenoxy) is 1. The summed E-state index contributed by atoms with van der Waals surface area (Å²) in [6, 6.07) is 14.4. The highest BCUT2D eigenvalue weighted by atomic mass is 19.1. The van der Waals surface area contributed by atoms with Gasteiger partial charge in [0.05, 0.1) is 5.60 Å². The zero-order valence-corrected chi connectivity index (χ0v) is 20.8. The van der Waals surface area contributed by atoms with Crippen LogP contribution in [-0.4, -0.2) is 48.8 Å². The maximum atomic E-state index is 13.6. The van der Waals surface area contributed by atoms with Crippen molar-refractivity contribution in [1.29, 1.82) is 0 Å². The number of nitrogens with two attached hydrogens (primary N) is 1. The average molecular weight is 483 g/mol. The smallest absolute Gasteiger partial charge is 0.225 e. The minimum absolute atomic E-state index is 0.00467. The van der Waals surface area contributed by atoms with Gasteiger partial charge in [-0.15, -0.1) is 0 Å². The van der Waals surface area contributed by atoms with E-state index in [2.05, 4.69) is 0 Å². The SMILES string of the molecule is COCCCC[C@@](O)(c1ccccc1-c1ccc(F)cc1)[C@@H]1CCCN(C(=O)[C@@H]2CC[C@H](N)C2)C1. The lowest BCUT2D eigenvalue weighted by Gasteiger charge is -2.44. The molecule has 190 valence electrons. The summed E-state index contributed by atoms with van der Waals surface area (Å²) in [6.07, 6.45) is 6.49. The van der Waals surface area contributed by atoms with Crippen LogP contribution in [0.4, 0.5) is 4.39 Å². The van der Waals surface area contributed by atoms with Crippen LogP contribution in [0.3, 0.4) is 0 Å². The fraction of sp³-hybridized carbons (Fsp3) is 0.552. The summed E-state index contributed by atoms with van der Waals surface area (Å²) >= 11 is 0. The van der Waals surface area contributed by atoms with Crippen molar-refractivity contribution in [2.45, 2.75) is 63.0 Å². The third kappa shape index (κ3) is 5.93. The van der Waals surface area contributed by atoms with Crippen molar-refractivity contribution < 1.29 is 19.0 Å². The van der Waals surface area contributed by atoms with Crippen LogP contribution in [-0.2, 0) is 15.1 Å². The van der Waals surface area contributed by atoms with Gasteiger partial charge in [0.2, 0.25) is 5.91 Å². The first-order chi connectivity index (χ1) is 16.9. The molecular weight excluding hydrogens is 443 g/mol. The number of likely N-dealkylation sites (tertiary alicyclic amines) is 1. The summed E-state index contributed by atoms with van der Waals surface area (Å²) in [7, 11) is 1.69. The topological polar surface area (TPSA) is 75.8 Å². The van der Waals surface area contributed by atoms with Gasteiger partial charge in [-0.2, -0.15) is 0 Å². The predicted molar refractivity (Wildman–Crippen MR) is 136 cm³/mol. The van der Waals surface area contributed by atoms with Crippen LogP contribution >= 0.6 is 0 Å². The lowest BCUT2D eigenvalue weighted by atomic mass is 9.72. The van der Waals surface area contributed by atoms with E-state index in [4.69, 9.17) is 10.5 Å². The molecule has 0 radical (unpaired) electrons. The number of unbranched alkanes of at least 4 members (excludes halogenated alkanes) is 1. The van der Waals surface area contributed by atoms with Gasteiger partial charge >= 0.3 is 0 Å². The maximum absolute atomic E-state index is 13.6. The highest BCUT2D eigenvalue weighted by molar-refractivity contribution is 5.79. The van der Waals surface area contributed by atoms with E-state index in [1.807, 2.05) is 29.2 Å². The van der Waals surface area contributed by atoms with E-state index in [1.165, 1.54) is 12.1 Å². The number of halogens is 1. The number of rotatable bonds is 9. The van der Waals surface area contributed by atoms with Gasteiger partial charge in [-0.05, 0) is 80.2 Å². The van der Waals surface area contributed by atoms with Crippen molar-refractivity contribution in [2.24, 2.45) is 17.6 Å². The van der Waals surface area contributed by atoms with E-state index in [1.54, 1.807) is 19.2 Å². The van der Waals surface area contributed by atoms with Crippen LogP contribution in [0.25, 0.3) is 11.1 Å². The highest BCUT2D eigenvalue weighted by Crippen LogP contribution is 2.44. The minimum atomic E-state index is -1.11. The van der Waals surface area contributed by atoms with E-state index < -0.39 is 5.60 Å². The molecule has 1 saturated carbocycles. The number of carbonyl (C=O) groups is 1. The van der Waals surface area contributed by atoms with Gasteiger partial charge in [0.1, 0.15) is 5.82 Å². The number of hydrogen-bond donors (Lipinski definition) is 2. The molecule has 2 fully saturated rings. The van der Waals surface area contributed by atoms with Crippen LogP contribution in [0.2, 0.25) is 0 Å². The lowest BCUT2D eigenvalue weighted by molar-refractivity contribution is -0.140. The lowest BCUT2D eigenvalue weighted by Crippen LogP contribution is -2.49. The van der Waals surface area contributed by atoms with Crippen LogP contribution in [0.1, 0.15) is 56.9 Å². The normalized spacial score (nSPS) is 24.3. The molecule has 3 N–H and O–H groups in total. The summed E-state index contributed by atoms with van der Waals surface area (Å²) in [5.74, 6) is -0.171. The summed E-state index contributed by atoms with van der Waals surface area (Å²) in [4.78, 5) is 15.3. The number of carbonyl (C=O) groups excluding carboxylic acids is 1. The Hall–Kier alpha value is -2.28. The molecular formula is C29H39FN2O3. The first-order valence-corrected chi connectivity index (χ1v) is 13.0. The maximum Gasteiger partial charge on any atom is 0.225 e. The first-order valence-electron chi connectivity index (χ1n) is 13.0. The molecule has 2 aromatic rings. The van der Waals surface area contributed by atoms with Crippen LogP contribution in [0.5, 0.6) is 0 Å². The van der Waals surface area contributed by atoms with Gasteiger partial charge in [0.15, 0.2) is 0 Å². The zero-order chi connectivity index (χ0) is 24.8. The molecule has 1 aliphatic carbocycles. The van der Waals surface area contributed by atoms with E-state index in [0.29, 0.717) is 19.6 Å². The molecule has 0 bridgehead atoms. The summed E-state index contributed by atoms with van der Waals surface area (Å²) < 4.78 is 18.9. The molecule has 1 aliphatic heterocycles. The third-order valence-corrected chi connectivity index (χ3v) is 7.94. The Morgan fingerprint density at radius 1 is 1.14 bits per heavy atom. The number of nitrogens with zero attached hydrogens (tertiary/aromatic N) is 1. The molecule has 4 rings (SSSR count). The van der Waals surface area contributed by atoms with Gasteiger partial charge in [-0.25, -0.2) is 4.39 Å². The fourth-order valence-electron chi connectivity index (χ4n) is 6.01. The number of methoxy groups -OCH3 is 1. The Labute approximate surface area is 208 Å². The molecule has 5 nitrogen and oxygen atoms in total. The summed E-state index contributed by atoms with van der Waals surface area (Å²) in [6.45, 7) is 1.93. The molecule has 2 aliphatic rings. The number of benzene rings is 2. The van der Waals surface area contributed by atoms with Crippen molar-refractivity contribution in [3.05, 3.63) is 59.9 Å². The molecule has 1 heterocycles. The standard InChI is InChI=1S/C29H39FN2O3/c1-35-18-5-4-16-29(34,27-9-3-2-8-26(27)21-10-13-24(30)14-11-21)23-7-6-17-32(20-23)28(33)22-12-15-25(31)19-22/h2-3,8-11,13-14,22-23,25,34H,4-7,12,15-20,31H2,1H3/t22-,23-,25+,29+/m1/s1. The number of hydrogen-bond acceptors (Lipinski definition) is 4. The average Bonchev–Trinajstić information content (AvgIpc) is 3.33. The predicted octanol–water partition coefficient (Wildman–Crippen LogP) is 4.86. The van der Waals surface area contributed by atoms with Crippen molar-refractivity contribution in [3.63, 3.8) is 0 Å². The quantitative estimate of drug-likeness (QED) is 0.501. The molecule has 6 heteroatoms. The molecule has 2 aromatic carbocycles. The van der Waals surface area contributed by atoms with Gasteiger partial charge in [-0.1, -0.05) is 36.4 Å². The van der Waals surface area contributed by atoms with Gasteiger partial charge in [0, 0.05) is 44.7 Å². The Morgan fingerprint density at radius 3 is 2.63 bits per heavy atom. The van der Waals surface area contributed by atoms with Crippen molar-refractivity contribution in [1.82, 2.24) is 4.90 Å². The van der Waals surface area contributed by atoms with Gasteiger partial charge in [0.25, 0.3) is 0 Å². The van der Waals surface area contributed by atoms with Crippen LogP contribution in [0, 0.1) is 17.7 Å². The van der Waals surface area contributed by atoms with E-state index in [-0.39, 0.29) is 29.6 Å². The molecule has 0 spiro atoms. The summed E-state index contributed by atoms with van der Waals surface area (Å²) in [5, 5.41) is 12.4. The van der Waals surface area contributed by atoms with Crippen LogP contribution < -0.4 is 5.73 Å². The van der Waals surface area contributed by atoms with E-state index in [9.17, 15) is 14.3 Å².